The van der Waals surface area contributed by atoms with Crippen molar-refractivity contribution < 1.29 is 4.74 Å². The van der Waals surface area contributed by atoms with E-state index in [0.717, 1.165) is 42.1 Å². The zero-order valence-electron chi connectivity index (χ0n) is 51.3. The van der Waals surface area contributed by atoms with Gasteiger partial charge in [-0.05, 0) is 210 Å². The van der Waals surface area contributed by atoms with Crippen molar-refractivity contribution >= 4 is 17.1 Å². The Balaban J connectivity index is 0.784. The van der Waals surface area contributed by atoms with Gasteiger partial charge in [0.15, 0.2) is 0 Å². The van der Waals surface area contributed by atoms with Crippen LogP contribution in [0.1, 0.15) is 152 Å². The quantitative estimate of drug-likeness (QED) is 0.0705. The number of hydrogen-bond acceptors (Lipinski definition) is 2. The van der Waals surface area contributed by atoms with E-state index >= 15 is 0 Å². The van der Waals surface area contributed by atoms with Crippen LogP contribution in [-0.2, 0) is 36.7 Å². The molecule has 3 aliphatic carbocycles. The van der Waals surface area contributed by atoms with Gasteiger partial charge in [-0.3, -0.25) is 0 Å². The summed E-state index contributed by atoms with van der Waals surface area (Å²) in [5, 5.41) is 0. The van der Waals surface area contributed by atoms with Crippen LogP contribution in [-0.4, -0.2) is 0 Å². The molecule has 2 nitrogen and oxygen atoms in total. The highest BCUT2D eigenvalue weighted by molar-refractivity contribution is 5.91. The molecule has 2 heteroatoms. The third-order valence-corrected chi connectivity index (χ3v) is 20.0. The number of rotatable bonds is 20. The molecule has 87 heavy (non-hydrogen) atoms. The van der Waals surface area contributed by atoms with Crippen molar-refractivity contribution in [1.82, 2.24) is 0 Å². The van der Waals surface area contributed by atoms with Crippen LogP contribution in [0.4, 0.5) is 17.1 Å². The van der Waals surface area contributed by atoms with Crippen LogP contribution in [0.15, 0.2) is 255 Å². The summed E-state index contributed by atoms with van der Waals surface area (Å²) >= 11 is 0. The predicted octanol–water partition coefficient (Wildman–Crippen LogP) is 22.6. The molecule has 0 bridgehead atoms. The number of ether oxygens (including phenoxy) is 1. The minimum Gasteiger partial charge on any atom is -0.489 e. The number of anilines is 3. The molecule has 0 saturated heterocycles. The zero-order valence-corrected chi connectivity index (χ0v) is 51.3. The molecule has 3 atom stereocenters. The first-order chi connectivity index (χ1) is 42.7. The van der Waals surface area contributed by atoms with E-state index in [2.05, 4.69) is 294 Å². The SMILES string of the molecule is CCCCCCc1ccc(C2(c3ccc(OCc4ccc(C(C)CC(CC)c5ccc(-c6ccc7c(c6)CC7)cc5)cc4)cc3)c3ccccc3-c3ccc(N(c4ccc(-c5ccccc5)cc4)c4ccc5c(c4)C(C)(C)c4ccccc4-5)cc32)cc1. The lowest BCUT2D eigenvalue weighted by atomic mass is 9.67. The number of benzene rings is 11. The van der Waals surface area contributed by atoms with Crippen molar-refractivity contribution in [1.29, 1.82) is 0 Å². The normalized spacial score (nSPS) is 15.5. The fourth-order valence-electron chi connectivity index (χ4n) is 14.9. The van der Waals surface area contributed by atoms with Crippen molar-refractivity contribution in [3.8, 4) is 50.3 Å². The molecule has 0 saturated carbocycles. The summed E-state index contributed by atoms with van der Waals surface area (Å²) < 4.78 is 6.70. The summed E-state index contributed by atoms with van der Waals surface area (Å²) in [7, 11) is 0. The summed E-state index contributed by atoms with van der Waals surface area (Å²) in [5.41, 5.74) is 29.0. The maximum Gasteiger partial charge on any atom is 0.119 e. The van der Waals surface area contributed by atoms with Crippen LogP contribution in [0, 0.1) is 0 Å². The second kappa shape index (κ2) is 23.7. The molecule has 11 aromatic rings. The fourth-order valence-corrected chi connectivity index (χ4v) is 14.9. The first kappa shape index (κ1) is 55.9. The second-order valence-electron chi connectivity index (χ2n) is 25.6. The van der Waals surface area contributed by atoms with Gasteiger partial charge in [0, 0.05) is 22.5 Å². The van der Waals surface area contributed by atoms with E-state index in [1.165, 1.54) is 150 Å². The Kier molecular flexibility index (Phi) is 15.2. The van der Waals surface area contributed by atoms with Crippen LogP contribution in [0.5, 0.6) is 5.75 Å². The largest absolute Gasteiger partial charge is 0.489 e. The maximum absolute atomic E-state index is 6.70. The molecule has 0 spiro atoms. The van der Waals surface area contributed by atoms with Gasteiger partial charge in [0.25, 0.3) is 0 Å². The van der Waals surface area contributed by atoms with Gasteiger partial charge in [-0.2, -0.15) is 0 Å². The molecule has 0 aliphatic heterocycles. The van der Waals surface area contributed by atoms with Crippen molar-refractivity contribution in [3.05, 3.63) is 322 Å². The number of hydrogen-bond donors (Lipinski definition) is 0. The van der Waals surface area contributed by atoms with Crippen LogP contribution in [0.25, 0.3) is 44.5 Å². The lowest BCUT2D eigenvalue weighted by Gasteiger charge is -2.35. The van der Waals surface area contributed by atoms with Gasteiger partial charge in [-0.15, -0.1) is 0 Å². The Bertz CT molecular complexity index is 4230. The molecular formula is C85H79NO. The highest BCUT2D eigenvalue weighted by Crippen LogP contribution is 2.58. The van der Waals surface area contributed by atoms with Crippen molar-refractivity contribution in [2.24, 2.45) is 0 Å². The van der Waals surface area contributed by atoms with E-state index in [0.29, 0.717) is 18.4 Å². The Hall–Kier alpha value is -8.98. The van der Waals surface area contributed by atoms with Gasteiger partial charge in [0.05, 0.1) is 5.41 Å². The number of aryl methyl sites for hydroxylation is 3. The van der Waals surface area contributed by atoms with E-state index in [1.54, 1.807) is 0 Å². The van der Waals surface area contributed by atoms with E-state index in [9.17, 15) is 0 Å². The Morgan fingerprint density at radius 3 is 1.63 bits per heavy atom. The molecule has 0 N–H and O–H groups in total. The lowest BCUT2D eigenvalue weighted by Crippen LogP contribution is -2.29. The topological polar surface area (TPSA) is 12.5 Å². The average Bonchev–Trinajstić information content (AvgIpc) is 1.64. The third-order valence-electron chi connectivity index (χ3n) is 20.0. The number of unbranched alkanes of at least 4 members (excludes halogenated alkanes) is 3. The van der Waals surface area contributed by atoms with Gasteiger partial charge in [-0.25, -0.2) is 0 Å². The summed E-state index contributed by atoms with van der Waals surface area (Å²) in [4.78, 5) is 2.49. The van der Waals surface area contributed by atoms with Crippen LogP contribution < -0.4 is 9.64 Å². The molecule has 14 rings (SSSR count). The van der Waals surface area contributed by atoms with E-state index in [4.69, 9.17) is 4.74 Å². The molecule has 0 heterocycles. The van der Waals surface area contributed by atoms with Gasteiger partial charge >= 0.3 is 0 Å². The standard InChI is InChI=1S/C85H79NO/c1-6-8-9-11-18-59-27-41-70(42-28-59)85(71-43-49-75(50-44-71)87-57-60-25-29-62(30-26-60)58(3)53-61(7-2)64-31-33-66(34-32-64)68-37-35-67-36-38-69(67)54-68)81-24-17-15-22-77(81)79-52-48-74(56-83(79)85)86(72-45-39-65(40-46-72)63-19-12-10-13-20-63)73-47-51-78-76-21-14-16-23-80(76)84(4,5)82(78)55-73/h10,12-17,19-35,37,39-52,54-56,58,61H,6-9,11,18,36,38,53,57H2,1-5H3. The first-order valence-corrected chi connectivity index (χ1v) is 32.3. The summed E-state index contributed by atoms with van der Waals surface area (Å²) in [6.07, 6.45) is 10.7. The first-order valence-electron chi connectivity index (χ1n) is 32.3. The third kappa shape index (κ3) is 10.4. The molecule has 11 aromatic carbocycles. The number of nitrogens with zero attached hydrogens (tertiary/aromatic N) is 1. The van der Waals surface area contributed by atoms with E-state index in [-0.39, 0.29) is 5.41 Å². The van der Waals surface area contributed by atoms with Gasteiger partial charge < -0.3 is 9.64 Å². The van der Waals surface area contributed by atoms with Crippen molar-refractivity contribution in [2.45, 2.75) is 122 Å². The van der Waals surface area contributed by atoms with Crippen molar-refractivity contribution in [2.75, 3.05) is 4.90 Å². The molecular weight excluding hydrogens is 1050 g/mol. The van der Waals surface area contributed by atoms with Gasteiger partial charge in [0.1, 0.15) is 12.4 Å². The van der Waals surface area contributed by atoms with Crippen LogP contribution in [0.3, 0.4) is 0 Å². The van der Waals surface area contributed by atoms with E-state index in [1.807, 2.05) is 0 Å². The fraction of sp³-hybridized carbons (Fsp3) is 0.224. The highest BCUT2D eigenvalue weighted by atomic mass is 16.5. The maximum atomic E-state index is 6.70. The minimum absolute atomic E-state index is 0.155. The second-order valence-corrected chi connectivity index (χ2v) is 25.6. The summed E-state index contributed by atoms with van der Waals surface area (Å²) in [6.45, 7) is 12.3. The number of fused-ring (bicyclic) bond motifs is 7. The highest BCUT2D eigenvalue weighted by Gasteiger charge is 2.47. The van der Waals surface area contributed by atoms with E-state index < -0.39 is 5.41 Å². The minimum atomic E-state index is -0.624. The molecule has 3 aliphatic rings. The summed E-state index contributed by atoms with van der Waals surface area (Å²) in [5.74, 6) is 1.79. The van der Waals surface area contributed by atoms with Crippen LogP contribution in [0.2, 0.25) is 0 Å². The molecule has 0 amide bonds. The lowest BCUT2D eigenvalue weighted by molar-refractivity contribution is 0.306. The van der Waals surface area contributed by atoms with Crippen LogP contribution >= 0.6 is 0 Å². The monoisotopic (exact) mass is 1130 g/mol. The molecule has 0 radical (unpaired) electrons. The summed E-state index contributed by atoms with van der Waals surface area (Å²) in [6, 6.07) is 96.7. The zero-order chi connectivity index (χ0) is 59.1. The van der Waals surface area contributed by atoms with Crippen molar-refractivity contribution in [3.63, 3.8) is 0 Å². The molecule has 430 valence electrons. The molecule has 0 fully saturated rings. The Morgan fingerprint density at radius 2 is 0.966 bits per heavy atom. The molecule has 0 aromatic heterocycles. The van der Waals surface area contributed by atoms with Gasteiger partial charge in [0.2, 0.25) is 0 Å². The molecule has 3 unspecified atom stereocenters. The average molecular weight is 1130 g/mol. The Morgan fingerprint density at radius 1 is 0.425 bits per heavy atom. The smallest absolute Gasteiger partial charge is 0.119 e. The predicted molar refractivity (Wildman–Crippen MR) is 365 cm³/mol. The van der Waals surface area contributed by atoms with Gasteiger partial charge in [-0.1, -0.05) is 260 Å². The Labute approximate surface area is 517 Å².